The molecule has 0 aliphatic heterocycles. The maximum atomic E-state index is 4.11. The highest BCUT2D eigenvalue weighted by Crippen LogP contribution is 2.10. The summed E-state index contributed by atoms with van der Waals surface area (Å²) in [5.74, 6) is 0. The summed E-state index contributed by atoms with van der Waals surface area (Å²) in [6.07, 6.45) is 8.36. The van der Waals surface area contributed by atoms with Crippen LogP contribution in [0.5, 0.6) is 0 Å². The van der Waals surface area contributed by atoms with E-state index in [4.69, 9.17) is 0 Å². The molecule has 0 aliphatic rings. The van der Waals surface area contributed by atoms with Crippen molar-refractivity contribution < 1.29 is 0 Å². The molecule has 2 aromatic rings. The summed E-state index contributed by atoms with van der Waals surface area (Å²) < 4.78 is 0. The van der Waals surface area contributed by atoms with Crippen LogP contribution in [0.2, 0.25) is 0 Å². The Morgan fingerprint density at radius 2 is 1.88 bits per heavy atom. The summed E-state index contributed by atoms with van der Waals surface area (Å²) >= 11 is 0. The van der Waals surface area contributed by atoms with Gasteiger partial charge in [-0.25, -0.2) is 0 Å². The Bertz CT molecular complexity index is 414. The standard InChI is InChI=1S/C13H15N3/c1-16(13-4-8-14-9-5-13)10-6-12-3-2-7-15-11-12/h2-5,7-9,11H,6,10H2,1H3. The zero-order valence-electron chi connectivity index (χ0n) is 9.37. The van der Waals surface area contributed by atoms with Crippen LogP contribution >= 0.6 is 0 Å². The predicted molar refractivity (Wildman–Crippen MR) is 65.4 cm³/mol. The molecule has 0 saturated carbocycles. The molecule has 0 unspecified atom stereocenters. The van der Waals surface area contributed by atoms with Crippen molar-refractivity contribution in [2.24, 2.45) is 0 Å². The molecule has 2 heterocycles. The third kappa shape index (κ3) is 2.79. The largest absolute Gasteiger partial charge is 0.374 e. The van der Waals surface area contributed by atoms with Crippen LogP contribution in [0.4, 0.5) is 5.69 Å². The fourth-order valence-corrected chi connectivity index (χ4v) is 1.57. The second kappa shape index (κ2) is 5.26. The highest BCUT2D eigenvalue weighted by Gasteiger charge is 2.00. The molecule has 0 spiro atoms. The van der Waals surface area contributed by atoms with Gasteiger partial charge in [0.2, 0.25) is 0 Å². The van der Waals surface area contributed by atoms with E-state index in [9.17, 15) is 0 Å². The van der Waals surface area contributed by atoms with E-state index >= 15 is 0 Å². The summed E-state index contributed by atoms with van der Waals surface area (Å²) in [6, 6.07) is 8.11. The first-order valence-electron chi connectivity index (χ1n) is 5.36. The van der Waals surface area contributed by atoms with Crippen LogP contribution in [0.15, 0.2) is 49.1 Å². The van der Waals surface area contributed by atoms with Crippen LogP contribution in [0, 0.1) is 0 Å². The van der Waals surface area contributed by atoms with Gasteiger partial charge >= 0.3 is 0 Å². The van der Waals surface area contributed by atoms with Gasteiger partial charge < -0.3 is 4.90 Å². The quantitative estimate of drug-likeness (QED) is 0.779. The van der Waals surface area contributed by atoms with E-state index in [0.717, 1.165) is 13.0 Å². The number of anilines is 1. The first-order chi connectivity index (χ1) is 7.86. The van der Waals surface area contributed by atoms with Gasteiger partial charge in [0.1, 0.15) is 0 Å². The van der Waals surface area contributed by atoms with Crippen LogP contribution in [-0.4, -0.2) is 23.6 Å². The Hall–Kier alpha value is -1.90. The molecule has 0 fully saturated rings. The lowest BCUT2D eigenvalue weighted by Crippen LogP contribution is -2.20. The Morgan fingerprint density at radius 1 is 1.06 bits per heavy atom. The van der Waals surface area contributed by atoms with Crippen molar-refractivity contribution in [1.29, 1.82) is 0 Å². The highest BCUT2D eigenvalue weighted by atomic mass is 15.1. The maximum Gasteiger partial charge on any atom is 0.0394 e. The minimum atomic E-state index is 0.982. The number of likely N-dealkylation sites (N-methyl/N-ethyl adjacent to an activating group) is 1. The lowest BCUT2D eigenvalue weighted by Gasteiger charge is -2.18. The Balaban J connectivity index is 1.92. The van der Waals surface area contributed by atoms with Crippen LogP contribution in [0.1, 0.15) is 5.56 Å². The van der Waals surface area contributed by atoms with Crippen LogP contribution < -0.4 is 4.90 Å². The predicted octanol–water partition coefficient (Wildman–Crippen LogP) is 2.16. The van der Waals surface area contributed by atoms with Gasteiger partial charge in [-0.3, -0.25) is 9.97 Å². The van der Waals surface area contributed by atoms with Crippen molar-refractivity contribution in [2.75, 3.05) is 18.5 Å². The van der Waals surface area contributed by atoms with Crippen molar-refractivity contribution in [1.82, 2.24) is 9.97 Å². The van der Waals surface area contributed by atoms with Gasteiger partial charge in [0.05, 0.1) is 0 Å². The van der Waals surface area contributed by atoms with Gasteiger partial charge in [-0.15, -0.1) is 0 Å². The van der Waals surface area contributed by atoms with Gasteiger partial charge in [0.25, 0.3) is 0 Å². The van der Waals surface area contributed by atoms with E-state index < -0.39 is 0 Å². The minimum Gasteiger partial charge on any atom is -0.374 e. The molecule has 0 atom stereocenters. The molecule has 0 aliphatic carbocycles. The SMILES string of the molecule is CN(CCc1cccnc1)c1ccncc1. The van der Waals surface area contributed by atoms with Gasteiger partial charge in [-0.05, 0) is 30.2 Å². The average Bonchev–Trinajstić information content (AvgIpc) is 2.38. The van der Waals surface area contributed by atoms with Gasteiger partial charge in [0.15, 0.2) is 0 Å². The second-order valence-electron chi connectivity index (χ2n) is 3.74. The Labute approximate surface area is 95.8 Å². The molecular formula is C13H15N3. The molecule has 2 rings (SSSR count). The monoisotopic (exact) mass is 213 g/mol. The molecule has 0 radical (unpaired) electrons. The van der Waals surface area contributed by atoms with Crippen molar-refractivity contribution >= 4 is 5.69 Å². The molecule has 2 aromatic heterocycles. The smallest absolute Gasteiger partial charge is 0.0394 e. The molecule has 0 amide bonds. The highest BCUT2D eigenvalue weighted by molar-refractivity contribution is 5.43. The Kier molecular flexibility index (Phi) is 3.49. The van der Waals surface area contributed by atoms with E-state index in [-0.39, 0.29) is 0 Å². The van der Waals surface area contributed by atoms with Crippen molar-refractivity contribution in [3.05, 3.63) is 54.6 Å². The molecule has 0 bridgehead atoms. The summed E-state index contributed by atoms with van der Waals surface area (Å²) in [4.78, 5) is 10.3. The third-order valence-corrected chi connectivity index (χ3v) is 2.56. The normalized spacial score (nSPS) is 10.1. The number of nitrogens with zero attached hydrogens (tertiary/aromatic N) is 3. The molecule has 0 N–H and O–H groups in total. The van der Waals surface area contributed by atoms with E-state index in [1.54, 1.807) is 6.20 Å². The Morgan fingerprint density at radius 3 is 2.56 bits per heavy atom. The number of rotatable bonds is 4. The molecule has 0 saturated heterocycles. The zero-order valence-corrected chi connectivity index (χ0v) is 9.37. The molecule has 0 aromatic carbocycles. The fourth-order valence-electron chi connectivity index (χ4n) is 1.57. The van der Waals surface area contributed by atoms with E-state index in [0.29, 0.717) is 0 Å². The summed E-state index contributed by atoms with van der Waals surface area (Å²) in [5.41, 5.74) is 2.46. The fraction of sp³-hybridized carbons (Fsp3) is 0.231. The van der Waals surface area contributed by atoms with Crippen molar-refractivity contribution in [3.63, 3.8) is 0 Å². The zero-order chi connectivity index (χ0) is 11.2. The number of hydrogen-bond donors (Lipinski definition) is 0. The van der Waals surface area contributed by atoms with Gasteiger partial charge in [-0.1, -0.05) is 6.07 Å². The van der Waals surface area contributed by atoms with Crippen LogP contribution in [0.3, 0.4) is 0 Å². The first-order valence-corrected chi connectivity index (χ1v) is 5.36. The summed E-state index contributed by atoms with van der Waals surface area (Å²) in [6.45, 7) is 0.982. The number of pyridine rings is 2. The number of aromatic nitrogens is 2. The maximum absolute atomic E-state index is 4.11. The molecular weight excluding hydrogens is 198 g/mol. The third-order valence-electron chi connectivity index (χ3n) is 2.56. The topological polar surface area (TPSA) is 29.0 Å². The van der Waals surface area contributed by atoms with Crippen LogP contribution in [0.25, 0.3) is 0 Å². The summed E-state index contributed by atoms with van der Waals surface area (Å²) in [5, 5.41) is 0. The molecule has 16 heavy (non-hydrogen) atoms. The first kappa shape index (κ1) is 10.6. The van der Waals surface area contributed by atoms with E-state index in [1.807, 2.05) is 36.8 Å². The summed E-state index contributed by atoms with van der Waals surface area (Å²) in [7, 11) is 2.09. The second-order valence-corrected chi connectivity index (χ2v) is 3.74. The molecule has 3 nitrogen and oxygen atoms in total. The lowest BCUT2D eigenvalue weighted by molar-refractivity contribution is 0.871. The van der Waals surface area contributed by atoms with Gasteiger partial charge in [-0.2, -0.15) is 0 Å². The number of hydrogen-bond acceptors (Lipinski definition) is 3. The van der Waals surface area contributed by atoms with Crippen LogP contribution in [-0.2, 0) is 6.42 Å². The minimum absolute atomic E-state index is 0.982. The van der Waals surface area contributed by atoms with Crippen molar-refractivity contribution in [3.8, 4) is 0 Å². The van der Waals surface area contributed by atoms with Gasteiger partial charge in [0, 0.05) is 44.1 Å². The van der Waals surface area contributed by atoms with Crippen molar-refractivity contribution in [2.45, 2.75) is 6.42 Å². The van der Waals surface area contributed by atoms with E-state index in [1.165, 1.54) is 11.3 Å². The average molecular weight is 213 g/mol. The lowest BCUT2D eigenvalue weighted by atomic mass is 10.2. The molecule has 82 valence electrons. The molecule has 3 heteroatoms. The van der Waals surface area contributed by atoms with E-state index in [2.05, 4.69) is 28.0 Å².